The molecule has 152 valence electrons. The van der Waals surface area contributed by atoms with Crippen molar-refractivity contribution in [2.75, 3.05) is 6.61 Å². The molecule has 0 fully saturated rings. The Bertz CT molecular complexity index is 720. The minimum absolute atomic E-state index is 0.230. The highest BCUT2D eigenvalue weighted by Crippen LogP contribution is 2.20. The molecule has 0 N–H and O–H groups in total. The van der Waals surface area contributed by atoms with E-state index in [4.69, 9.17) is 4.74 Å². The van der Waals surface area contributed by atoms with Gasteiger partial charge in [0, 0.05) is 5.57 Å². The van der Waals surface area contributed by atoms with E-state index in [0.717, 1.165) is 12.8 Å². The second-order valence-corrected chi connectivity index (χ2v) is 7.49. The van der Waals surface area contributed by atoms with Gasteiger partial charge in [-0.05, 0) is 57.1 Å². The fraction of sp³-hybridized carbons (Fsp3) is 0.423. The second-order valence-electron chi connectivity index (χ2n) is 7.49. The van der Waals surface area contributed by atoms with Crippen molar-refractivity contribution < 1.29 is 9.53 Å². The molecule has 2 atom stereocenters. The number of hydrogen-bond donors (Lipinski definition) is 0. The molecule has 1 rings (SSSR count). The van der Waals surface area contributed by atoms with Crippen LogP contribution in [0.3, 0.4) is 0 Å². The Kier molecular flexibility index (Phi) is 10.9. The summed E-state index contributed by atoms with van der Waals surface area (Å²) in [6.45, 7) is 12.8. The lowest BCUT2D eigenvalue weighted by Gasteiger charge is -2.13. The van der Waals surface area contributed by atoms with Gasteiger partial charge in [-0.2, -0.15) is 0 Å². The van der Waals surface area contributed by atoms with Gasteiger partial charge in [-0.25, -0.2) is 4.79 Å². The van der Waals surface area contributed by atoms with Crippen molar-refractivity contribution in [2.24, 2.45) is 11.8 Å². The van der Waals surface area contributed by atoms with Gasteiger partial charge in [0.05, 0.1) is 6.61 Å². The molecule has 0 aliphatic rings. The third-order valence-electron chi connectivity index (χ3n) is 4.54. The number of carbonyl (C=O) groups is 1. The highest BCUT2D eigenvalue weighted by atomic mass is 16.5. The number of hydrogen-bond acceptors (Lipinski definition) is 2. The molecule has 1 aromatic rings. The zero-order valence-electron chi connectivity index (χ0n) is 18.4. The summed E-state index contributed by atoms with van der Waals surface area (Å²) in [4.78, 5) is 11.8. The number of esters is 1. The average Bonchev–Trinajstić information content (AvgIpc) is 2.66. The molecule has 0 radical (unpaired) electrons. The van der Waals surface area contributed by atoms with Crippen molar-refractivity contribution in [1.29, 1.82) is 0 Å². The third-order valence-corrected chi connectivity index (χ3v) is 4.54. The molecule has 0 aromatic heterocycles. The van der Waals surface area contributed by atoms with E-state index in [-0.39, 0.29) is 5.97 Å². The fourth-order valence-corrected chi connectivity index (χ4v) is 3.23. The maximum Gasteiger partial charge on any atom is 0.333 e. The van der Waals surface area contributed by atoms with E-state index in [1.54, 1.807) is 0 Å². The summed E-state index contributed by atoms with van der Waals surface area (Å²) in [6.07, 6.45) is 12.9. The first-order valence-corrected chi connectivity index (χ1v) is 10.3. The van der Waals surface area contributed by atoms with E-state index in [2.05, 4.69) is 76.3 Å². The van der Waals surface area contributed by atoms with E-state index < -0.39 is 0 Å². The normalized spacial score (nSPS) is 15.6. The number of ether oxygens (including phenoxy) is 1. The van der Waals surface area contributed by atoms with E-state index >= 15 is 0 Å². The van der Waals surface area contributed by atoms with Gasteiger partial charge in [0.15, 0.2) is 0 Å². The van der Waals surface area contributed by atoms with Gasteiger partial charge in [0.25, 0.3) is 0 Å². The fourth-order valence-electron chi connectivity index (χ4n) is 3.23. The lowest BCUT2D eigenvalue weighted by atomic mass is 9.93. The van der Waals surface area contributed by atoms with Crippen LogP contribution in [0.1, 0.15) is 59.9 Å². The first-order valence-electron chi connectivity index (χ1n) is 10.3. The molecule has 0 amide bonds. The Morgan fingerprint density at radius 3 is 2.29 bits per heavy atom. The molecule has 0 saturated heterocycles. The molecule has 0 spiro atoms. The zero-order chi connectivity index (χ0) is 20.9. The summed E-state index contributed by atoms with van der Waals surface area (Å²) in [5.41, 5.74) is 4.35. The first kappa shape index (κ1) is 23.7. The molecule has 0 heterocycles. The van der Waals surface area contributed by atoms with Crippen LogP contribution >= 0.6 is 0 Å². The lowest BCUT2D eigenvalue weighted by Crippen LogP contribution is -2.05. The van der Waals surface area contributed by atoms with Crippen LogP contribution in [-0.2, 0) is 9.53 Å². The van der Waals surface area contributed by atoms with Crippen molar-refractivity contribution in [3.05, 3.63) is 76.9 Å². The SMILES string of the molecule is CCOC(=O)/C(C)=C/C(=C\[C@H](C)C[C@@H](C)/C=C(C)/C=C/c1ccccc1)CC. The molecule has 0 unspecified atom stereocenters. The van der Waals surface area contributed by atoms with Crippen molar-refractivity contribution in [3.63, 3.8) is 0 Å². The van der Waals surface area contributed by atoms with Crippen LogP contribution in [0.15, 0.2) is 71.4 Å². The molecular formula is C26H36O2. The Hall–Kier alpha value is -2.35. The van der Waals surface area contributed by atoms with Gasteiger partial charge in [0.1, 0.15) is 0 Å². The Morgan fingerprint density at radius 1 is 1.04 bits per heavy atom. The second kappa shape index (κ2) is 12.9. The van der Waals surface area contributed by atoms with Crippen LogP contribution in [0.5, 0.6) is 0 Å². The van der Waals surface area contributed by atoms with Crippen LogP contribution in [0.2, 0.25) is 0 Å². The van der Waals surface area contributed by atoms with Crippen LogP contribution in [0.4, 0.5) is 0 Å². The van der Waals surface area contributed by atoms with E-state index in [9.17, 15) is 4.79 Å². The molecular weight excluding hydrogens is 344 g/mol. The summed E-state index contributed by atoms with van der Waals surface area (Å²) in [7, 11) is 0. The quantitative estimate of drug-likeness (QED) is 0.245. The third kappa shape index (κ3) is 9.55. The van der Waals surface area contributed by atoms with Crippen molar-refractivity contribution in [2.45, 2.75) is 54.4 Å². The molecule has 2 heteroatoms. The molecule has 0 bridgehead atoms. The monoisotopic (exact) mass is 380 g/mol. The predicted molar refractivity (Wildman–Crippen MR) is 121 cm³/mol. The Balaban J connectivity index is 2.69. The van der Waals surface area contributed by atoms with Crippen LogP contribution in [0, 0.1) is 11.8 Å². The lowest BCUT2D eigenvalue weighted by molar-refractivity contribution is -0.138. The smallest absolute Gasteiger partial charge is 0.333 e. The van der Waals surface area contributed by atoms with E-state index in [1.165, 1.54) is 16.7 Å². The van der Waals surface area contributed by atoms with Crippen LogP contribution < -0.4 is 0 Å². The maximum absolute atomic E-state index is 11.8. The molecule has 0 aliphatic carbocycles. The first-order chi connectivity index (χ1) is 13.3. The highest BCUT2D eigenvalue weighted by molar-refractivity contribution is 5.88. The summed E-state index contributed by atoms with van der Waals surface area (Å²) in [5, 5.41) is 0. The molecule has 28 heavy (non-hydrogen) atoms. The van der Waals surface area contributed by atoms with Gasteiger partial charge >= 0.3 is 5.97 Å². The van der Waals surface area contributed by atoms with Gasteiger partial charge < -0.3 is 4.74 Å². The van der Waals surface area contributed by atoms with Crippen molar-refractivity contribution in [1.82, 2.24) is 0 Å². The number of carbonyl (C=O) groups excluding carboxylic acids is 1. The Labute approximate surface area is 171 Å². The average molecular weight is 381 g/mol. The minimum atomic E-state index is -0.230. The predicted octanol–water partition coefficient (Wildman–Crippen LogP) is 7.15. The van der Waals surface area contributed by atoms with E-state index in [0.29, 0.717) is 24.0 Å². The molecule has 1 aromatic carbocycles. The van der Waals surface area contributed by atoms with Crippen molar-refractivity contribution >= 4 is 12.0 Å². The topological polar surface area (TPSA) is 26.3 Å². The van der Waals surface area contributed by atoms with Gasteiger partial charge in [-0.3, -0.25) is 0 Å². The van der Waals surface area contributed by atoms with Crippen molar-refractivity contribution in [3.8, 4) is 0 Å². The zero-order valence-corrected chi connectivity index (χ0v) is 18.4. The van der Waals surface area contributed by atoms with E-state index in [1.807, 2.05) is 26.0 Å². The Morgan fingerprint density at radius 2 is 1.68 bits per heavy atom. The van der Waals surface area contributed by atoms with Crippen LogP contribution in [-0.4, -0.2) is 12.6 Å². The molecule has 2 nitrogen and oxygen atoms in total. The number of rotatable bonds is 10. The highest BCUT2D eigenvalue weighted by Gasteiger charge is 2.08. The maximum atomic E-state index is 11.8. The standard InChI is InChI=1S/C26H36O2/c1-7-24(19-23(6)26(27)28-8-2)18-22(5)17-21(4)16-20(3)14-15-25-12-10-9-11-13-25/h9-16,18-19,21-22H,7-8,17H2,1-6H3/b15-14+,20-16+,23-19+,24-18-/t21-,22+/m0/s1. The summed E-state index contributed by atoms with van der Waals surface area (Å²) >= 11 is 0. The largest absolute Gasteiger partial charge is 0.463 e. The number of benzene rings is 1. The van der Waals surface area contributed by atoms with Gasteiger partial charge in [0.2, 0.25) is 0 Å². The number of allylic oxidation sites excluding steroid dienone is 6. The summed E-state index contributed by atoms with van der Waals surface area (Å²) < 4.78 is 5.07. The minimum Gasteiger partial charge on any atom is -0.463 e. The summed E-state index contributed by atoms with van der Waals surface area (Å²) in [6, 6.07) is 10.4. The van der Waals surface area contributed by atoms with Gasteiger partial charge in [-0.15, -0.1) is 0 Å². The molecule has 0 saturated carbocycles. The molecule has 0 aliphatic heterocycles. The van der Waals surface area contributed by atoms with Gasteiger partial charge in [-0.1, -0.05) is 86.6 Å². The summed E-state index contributed by atoms with van der Waals surface area (Å²) in [5.74, 6) is 0.699. The van der Waals surface area contributed by atoms with Crippen LogP contribution in [0.25, 0.3) is 6.08 Å².